The van der Waals surface area contributed by atoms with E-state index in [4.69, 9.17) is 16.3 Å². The van der Waals surface area contributed by atoms with Crippen molar-refractivity contribution in [2.75, 3.05) is 12.0 Å². The third kappa shape index (κ3) is 3.68. The molecule has 1 aromatic heterocycles. The van der Waals surface area contributed by atoms with Gasteiger partial charge in [0.15, 0.2) is 5.13 Å². The highest BCUT2D eigenvalue weighted by Crippen LogP contribution is 2.43. The number of carbonyl (C=O) groups is 3. The summed E-state index contributed by atoms with van der Waals surface area (Å²) >= 11 is 6.89. The average Bonchev–Trinajstić information content (AvgIpc) is 3.31. The van der Waals surface area contributed by atoms with Gasteiger partial charge in [-0.25, -0.2) is 9.78 Å². The Morgan fingerprint density at radius 3 is 2.41 bits per heavy atom. The molecule has 7 nitrogen and oxygen atoms in total. The fraction of sp³-hybridized carbons (Fsp3) is 0.130. The fourth-order valence-corrected chi connectivity index (χ4v) is 4.65. The number of hydrogen-bond acceptors (Lipinski definition) is 7. The summed E-state index contributed by atoms with van der Waals surface area (Å²) in [5.41, 5.74) is 1.26. The quantitative estimate of drug-likeness (QED) is 0.262. The van der Waals surface area contributed by atoms with Crippen LogP contribution in [0.25, 0.3) is 5.76 Å². The minimum absolute atomic E-state index is 0.0732. The number of aliphatic hydroxyl groups excluding tert-OH is 1. The van der Waals surface area contributed by atoms with Gasteiger partial charge in [0.05, 0.1) is 24.4 Å². The Bertz CT molecular complexity index is 1250. The number of ketones is 1. The number of aryl methyl sites for hydroxylation is 1. The van der Waals surface area contributed by atoms with Gasteiger partial charge in [0.2, 0.25) is 0 Å². The number of hydrogen-bond donors (Lipinski definition) is 1. The van der Waals surface area contributed by atoms with Crippen LogP contribution in [0.2, 0.25) is 5.02 Å². The number of ether oxygens (including phenoxy) is 1. The lowest BCUT2D eigenvalue weighted by atomic mass is 9.95. The van der Waals surface area contributed by atoms with Crippen LogP contribution in [0.3, 0.4) is 0 Å². The molecule has 2 heterocycles. The predicted octanol–water partition coefficient (Wildman–Crippen LogP) is 4.52. The molecule has 0 aliphatic carbocycles. The molecule has 0 unspecified atom stereocenters. The molecule has 1 saturated heterocycles. The maximum absolute atomic E-state index is 13.1. The number of halogens is 1. The number of anilines is 1. The number of aromatic nitrogens is 1. The smallest absolute Gasteiger partial charge is 0.350 e. The Balaban J connectivity index is 1.92. The molecule has 32 heavy (non-hydrogen) atoms. The molecule has 1 N–H and O–H groups in total. The molecule has 0 saturated carbocycles. The summed E-state index contributed by atoms with van der Waals surface area (Å²) in [6.07, 6.45) is 0. The van der Waals surface area contributed by atoms with E-state index < -0.39 is 23.7 Å². The Morgan fingerprint density at radius 1 is 1.12 bits per heavy atom. The summed E-state index contributed by atoms with van der Waals surface area (Å²) in [5, 5.41) is 11.7. The van der Waals surface area contributed by atoms with Crippen molar-refractivity contribution in [2.24, 2.45) is 0 Å². The molecule has 1 aliphatic heterocycles. The molecule has 2 aromatic carbocycles. The molecule has 0 spiro atoms. The fourth-order valence-electron chi connectivity index (χ4n) is 3.51. The van der Waals surface area contributed by atoms with Gasteiger partial charge in [-0.2, -0.15) is 0 Å². The minimum atomic E-state index is -0.928. The maximum Gasteiger partial charge on any atom is 0.350 e. The lowest BCUT2D eigenvalue weighted by Gasteiger charge is -2.22. The third-order valence-corrected chi connectivity index (χ3v) is 6.43. The first-order chi connectivity index (χ1) is 15.3. The summed E-state index contributed by atoms with van der Waals surface area (Å²) in [6.45, 7) is 1.62. The van der Waals surface area contributed by atoms with E-state index in [9.17, 15) is 19.5 Å². The van der Waals surface area contributed by atoms with E-state index >= 15 is 0 Å². The molecule has 9 heteroatoms. The highest BCUT2D eigenvalue weighted by molar-refractivity contribution is 7.17. The van der Waals surface area contributed by atoms with Crippen LogP contribution < -0.4 is 4.90 Å². The number of carbonyl (C=O) groups excluding carboxylic acids is 3. The van der Waals surface area contributed by atoms with Crippen molar-refractivity contribution >= 4 is 51.5 Å². The second-order valence-corrected chi connectivity index (χ2v) is 8.40. The summed E-state index contributed by atoms with van der Waals surface area (Å²) in [5.74, 6) is -2.60. The van der Waals surface area contributed by atoms with Gasteiger partial charge in [0, 0.05) is 10.6 Å². The van der Waals surface area contributed by atoms with Crippen molar-refractivity contribution in [1.82, 2.24) is 4.98 Å². The largest absolute Gasteiger partial charge is 0.507 e. The zero-order valence-electron chi connectivity index (χ0n) is 17.0. The summed E-state index contributed by atoms with van der Waals surface area (Å²) in [7, 11) is 1.25. The van der Waals surface area contributed by atoms with Crippen LogP contribution in [0.1, 0.15) is 32.5 Å². The SMILES string of the molecule is COC(=O)c1sc(N2C(=O)C(=O)/C(=C(/O)c3ccc(Cl)cc3)[C@@H]2c2ccccc2)nc1C. The number of methoxy groups -OCH3 is 1. The number of nitrogens with zero attached hydrogens (tertiary/aromatic N) is 2. The summed E-state index contributed by atoms with van der Waals surface area (Å²) in [6, 6.07) is 14.2. The normalized spacial score (nSPS) is 17.6. The first-order valence-electron chi connectivity index (χ1n) is 9.51. The van der Waals surface area contributed by atoms with Crippen LogP contribution in [-0.2, 0) is 14.3 Å². The van der Waals surface area contributed by atoms with Gasteiger partial charge in [-0.15, -0.1) is 0 Å². The molecule has 162 valence electrons. The molecule has 1 atom stereocenters. The van der Waals surface area contributed by atoms with Gasteiger partial charge in [0.25, 0.3) is 5.78 Å². The number of amides is 1. The standard InChI is InChI=1S/C23H17ClN2O5S/c1-12-20(22(30)31-2)32-23(25-12)26-17(13-6-4-3-5-7-13)16(19(28)21(26)29)18(27)14-8-10-15(24)11-9-14/h3-11,17,27H,1-2H3/b18-16+/t17-/m0/s1. The molecular weight excluding hydrogens is 452 g/mol. The van der Waals surface area contributed by atoms with E-state index in [-0.39, 0.29) is 21.3 Å². The summed E-state index contributed by atoms with van der Waals surface area (Å²) in [4.78, 5) is 44.1. The third-order valence-electron chi connectivity index (χ3n) is 5.04. The maximum atomic E-state index is 13.1. The zero-order valence-corrected chi connectivity index (χ0v) is 18.6. The van der Waals surface area contributed by atoms with Crippen LogP contribution in [-0.4, -0.2) is 34.9 Å². The van der Waals surface area contributed by atoms with Gasteiger partial charge in [-0.05, 0) is 36.8 Å². The number of benzene rings is 2. The highest BCUT2D eigenvalue weighted by atomic mass is 35.5. The first kappa shape index (κ1) is 21.7. The molecule has 1 amide bonds. The van der Waals surface area contributed by atoms with E-state index in [1.807, 2.05) is 0 Å². The molecule has 0 radical (unpaired) electrons. The van der Waals surface area contributed by atoms with E-state index in [2.05, 4.69) is 4.98 Å². The predicted molar refractivity (Wildman–Crippen MR) is 121 cm³/mol. The molecule has 0 bridgehead atoms. The van der Waals surface area contributed by atoms with Crippen molar-refractivity contribution in [3.8, 4) is 0 Å². The summed E-state index contributed by atoms with van der Waals surface area (Å²) < 4.78 is 4.78. The van der Waals surface area contributed by atoms with Gasteiger partial charge in [-0.1, -0.05) is 53.3 Å². The van der Waals surface area contributed by atoms with Gasteiger partial charge >= 0.3 is 11.9 Å². The van der Waals surface area contributed by atoms with Crippen LogP contribution in [0.4, 0.5) is 5.13 Å². The topological polar surface area (TPSA) is 96.8 Å². The number of Topliss-reactive ketones (excluding diaryl/α,β-unsaturated/α-hetero) is 1. The zero-order chi connectivity index (χ0) is 23.0. The molecular formula is C23H17ClN2O5S. The van der Waals surface area contributed by atoms with Gasteiger partial charge in [-0.3, -0.25) is 14.5 Å². The van der Waals surface area contributed by atoms with Crippen molar-refractivity contribution in [1.29, 1.82) is 0 Å². The van der Waals surface area contributed by atoms with Crippen LogP contribution in [0, 0.1) is 6.92 Å². The lowest BCUT2D eigenvalue weighted by molar-refractivity contribution is -0.132. The van der Waals surface area contributed by atoms with E-state index in [0.717, 1.165) is 11.3 Å². The van der Waals surface area contributed by atoms with Crippen LogP contribution in [0.15, 0.2) is 60.2 Å². The average molecular weight is 469 g/mol. The second-order valence-electron chi connectivity index (χ2n) is 6.99. The second kappa shape index (κ2) is 8.57. The van der Waals surface area contributed by atoms with Crippen LogP contribution in [0.5, 0.6) is 0 Å². The molecule has 4 rings (SSSR count). The van der Waals surface area contributed by atoms with Crippen molar-refractivity contribution in [2.45, 2.75) is 13.0 Å². The Kier molecular flexibility index (Phi) is 5.82. The Labute approximate surface area is 192 Å². The van der Waals surface area contributed by atoms with E-state index in [1.54, 1.807) is 61.5 Å². The van der Waals surface area contributed by atoms with Crippen LogP contribution >= 0.6 is 22.9 Å². The number of thiazole rings is 1. The Morgan fingerprint density at radius 2 is 1.78 bits per heavy atom. The first-order valence-corrected chi connectivity index (χ1v) is 10.7. The van der Waals surface area contributed by atoms with Crippen molar-refractivity contribution in [3.05, 3.63) is 86.9 Å². The Hall–Kier alpha value is -3.49. The molecule has 1 aliphatic rings. The monoisotopic (exact) mass is 468 g/mol. The molecule has 1 fully saturated rings. The van der Waals surface area contributed by atoms with Gasteiger partial charge in [0.1, 0.15) is 10.6 Å². The van der Waals surface area contributed by atoms with E-state index in [0.29, 0.717) is 21.8 Å². The van der Waals surface area contributed by atoms with E-state index in [1.165, 1.54) is 12.0 Å². The minimum Gasteiger partial charge on any atom is -0.507 e. The number of aliphatic hydroxyl groups is 1. The number of rotatable bonds is 4. The molecule has 3 aromatic rings. The highest BCUT2D eigenvalue weighted by Gasteiger charge is 2.48. The lowest BCUT2D eigenvalue weighted by Crippen LogP contribution is -2.29. The van der Waals surface area contributed by atoms with Crippen molar-refractivity contribution < 1.29 is 24.2 Å². The van der Waals surface area contributed by atoms with Crippen molar-refractivity contribution in [3.63, 3.8) is 0 Å². The number of esters is 1. The van der Waals surface area contributed by atoms with Gasteiger partial charge < -0.3 is 9.84 Å².